The standard InChI is InChI=1S/C19H16BrN5O5/c20-13-4-1-2-5-14(13)30-18-16(25(27)28)17(21-12-22-18)23-7-9-24(10-8-23)19(26)15-6-3-11-29-15/h1-6,11-12H,7-10H2. The minimum Gasteiger partial charge on any atom is -0.459 e. The van der Waals surface area contributed by atoms with Crippen molar-refractivity contribution in [2.75, 3.05) is 31.1 Å². The molecule has 0 N–H and O–H groups in total. The molecule has 1 aromatic carbocycles. The highest BCUT2D eigenvalue weighted by Gasteiger charge is 2.32. The Kier molecular flexibility index (Phi) is 5.61. The average molecular weight is 474 g/mol. The fourth-order valence-electron chi connectivity index (χ4n) is 3.13. The molecule has 1 aliphatic heterocycles. The molecule has 1 saturated heterocycles. The van der Waals surface area contributed by atoms with Gasteiger partial charge in [-0.3, -0.25) is 14.9 Å². The van der Waals surface area contributed by atoms with Crippen molar-refractivity contribution in [3.8, 4) is 11.6 Å². The number of carbonyl (C=O) groups excluding carboxylic acids is 1. The van der Waals surface area contributed by atoms with Gasteiger partial charge in [0, 0.05) is 26.2 Å². The molecule has 4 rings (SSSR count). The Morgan fingerprint density at radius 2 is 1.90 bits per heavy atom. The molecule has 3 aromatic rings. The summed E-state index contributed by atoms with van der Waals surface area (Å²) in [6.45, 7) is 1.50. The number of ether oxygens (including phenoxy) is 1. The Bertz CT molecular complexity index is 1070. The van der Waals surface area contributed by atoms with E-state index in [1.807, 2.05) is 0 Å². The zero-order chi connectivity index (χ0) is 21.1. The number of nitrogens with zero attached hydrogens (tertiary/aromatic N) is 5. The molecule has 1 amide bonds. The van der Waals surface area contributed by atoms with Crippen molar-refractivity contribution in [2.24, 2.45) is 0 Å². The minimum atomic E-state index is -0.554. The lowest BCUT2D eigenvalue weighted by atomic mass is 10.2. The molecule has 10 nitrogen and oxygen atoms in total. The van der Waals surface area contributed by atoms with Crippen molar-refractivity contribution in [1.29, 1.82) is 0 Å². The van der Waals surface area contributed by atoms with Crippen LogP contribution >= 0.6 is 15.9 Å². The van der Waals surface area contributed by atoms with E-state index in [-0.39, 0.29) is 29.1 Å². The Morgan fingerprint density at radius 1 is 1.13 bits per heavy atom. The number of aromatic nitrogens is 2. The number of piperazine rings is 1. The predicted molar refractivity (Wildman–Crippen MR) is 110 cm³/mol. The van der Waals surface area contributed by atoms with Crippen LogP contribution in [0.25, 0.3) is 0 Å². The van der Waals surface area contributed by atoms with Crippen LogP contribution in [0.2, 0.25) is 0 Å². The van der Waals surface area contributed by atoms with E-state index in [9.17, 15) is 14.9 Å². The summed E-state index contributed by atoms with van der Waals surface area (Å²) in [4.78, 5) is 35.2. The minimum absolute atomic E-state index is 0.147. The van der Waals surface area contributed by atoms with Crippen LogP contribution < -0.4 is 9.64 Å². The monoisotopic (exact) mass is 473 g/mol. The summed E-state index contributed by atoms with van der Waals surface area (Å²) in [5.74, 6) is 0.461. The first-order valence-corrected chi connectivity index (χ1v) is 9.83. The summed E-state index contributed by atoms with van der Waals surface area (Å²) in [6, 6.07) is 10.3. The molecule has 0 aliphatic carbocycles. The number of rotatable bonds is 5. The number of hydrogen-bond donors (Lipinski definition) is 0. The molecule has 0 unspecified atom stereocenters. The van der Waals surface area contributed by atoms with E-state index in [1.165, 1.54) is 12.6 Å². The second kappa shape index (κ2) is 8.49. The average Bonchev–Trinajstić information content (AvgIpc) is 3.29. The molecule has 154 valence electrons. The van der Waals surface area contributed by atoms with Gasteiger partial charge in [0.1, 0.15) is 12.1 Å². The Balaban J connectivity index is 1.55. The van der Waals surface area contributed by atoms with Gasteiger partial charge >= 0.3 is 11.6 Å². The number of carbonyl (C=O) groups is 1. The first-order valence-electron chi connectivity index (χ1n) is 9.04. The van der Waals surface area contributed by atoms with Gasteiger partial charge in [-0.25, -0.2) is 4.98 Å². The van der Waals surface area contributed by atoms with E-state index in [0.29, 0.717) is 36.4 Å². The summed E-state index contributed by atoms with van der Waals surface area (Å²) in [5, 5.41) is 11.8. The normalized spacial score (nSPS) is 13.9. The van der Waals surface area contributed by atoms with Gasteiger partial charge in [-0.15, -0.1) is 0 Å². The summed E-state index contributed by atoms with van der Waals surface area (Å²) in [7, 11) is 0. The predicted octanol–water partition coefficient (Wildman–Crippen LogP) is 3.50. The summed E-state index contributed by atoms with van der Waals surface area (Å²) >= 11 is 3.35. The third-order valence-corrected chi connectivity index (χ3v) is 5.25. The quantitative estimate of drug-likeness (QED) is 0.408. The Hall–Kier alpha value is -3.47. The largest absolute Gasteiger partial charge is 0.459 e. The maximum absolute atomic E-state index is 12.4. The van der Waals surface area contributed by atoms with Gasteiger partial charge in [-0.2, -0.15) is 4.98 Å². The molecule has 2 aromatic heterocycles. The first kappa shape index (κ1) is 19.8. The van der Waals surface area contributed by atoms with E-state index in [4.69, 9.17) is 9.15 Å². The Labute approximate surface area is 179 Å². The molecule has 3 heterocycles. The maximum atomic E-state index is 12.4. The van der Waals surface area contributed by atoms with Crippen LogP contribution in [0.15, 0.2) is 57.9 Å². The van der Waals surface area contributed by atoms with Crippen LogP contribution in [-0.4, -0.2) is 51.9 Å². The van der Waals surface area contributed by atoms with Gasteiger partial charge in [0.05, 0.1) is 15.7 Å². The van der Waals surface area contributed by atoms with Crippen molar-refractivity contribution < 1.29 is 18.9 Å². The summed E-state index contributed by atoms with van der Waals surface area (Å²) in [6.07, 6.45) is 2.68. The van der Waals surface area contributed by atoms with Crippen LogP contribution in [-0.2, 0) is 0 Å². The molecule has 0 radical (unpaired) electrons. The zero-order valence-corrected chi connectivity index (χ0v) is 17.2. The van der Waals surface area contributed by atoms with Crippen LogP contribution in [0.5, 0.6) is 11.6 Å². The zero-order valence-electron chi connectivity index (χ0n) is 15.6. The number of amides is 1. The topological polar surface area (TPSA) is 115 Å². The van der Waals surface area contributed by atoms with E-state index < -0.39 is 4.92 Å². The maximum Gasteiger partial charge on any atom is 0.373 e. The molecule has 1 fully saturated rings. The summed E-state index contributed by atoms with van der Waals surface area (Å²) < 4.78 is 11.5. The molecule has 0 saturated carbocycles. The van der Waals surface area contributed by atoms with E-state index in [1.54, 1.807) is 46.2 Å². The van der Waals surface area contributed by atoms with E-state index >= 15 is 0 Å². The highest BCUT2D eigenvalue weighted by molar-refractivity contribution is 9.10. The van der Waals surface area contributed by atoms with Gasteiger partial charge in [0.15, 0.2) is 5.76 Å². The smallest absolute Gasteiger partial charge is 0.373 e. The third-order valence-electron chi connectivity index (χ3n) is 4.59. The van der Waals surface area contributed by atoms with Gasteiger partial charge in [0.2, 0.25) is 5.82 Å². The lowest BCUT2D eigenvalue weighted by Gasteiger charge is -2.34. The van der Waals surface area contributed by atoms with Crippen LogP contribution in [0.1, 0.15) is 10.6 Å². The van der Waals surface area contributed by atoms with Gasteiger partial charge in [-0.1, -0.05) is 12.1 Å². The van der Waals surface area contributed by atoms with Gasteiger partial charge in [-0.05, 0) is 40.2 Å². The third kappa shape index (κ3) is 3.96. The molecule has 0 spiro atoms. The SMILES string of the molecule is O=C(c1ccco1)N1CCN(c2ncnc(Oc3ccccc3Br)c2[N+](=O)[O-])CC1. The van der Waals surface area contributed by atoms with Crippen molar-refractivity contribution in [3.05, 3.63) is 69.3 Å². The number of benzene rings is 1. The first-order chi connectivity index (χ1) is 14.5. The second-order valence-electron chi connectivity index (χ2n) is 6.40. The molecule has 30 heavy (non-hydrogen) atoms. The molecule has 1 aliphatic rings. The molecule has 11 heteroatoms. The highest BCUT2D eigenvalue weighted by atomic mass is 79.9. The second-order valence-corrected chi connectivity index (χ2v) is 7.25. The van der Waals surface area contributed by atoms with Crippen molar-refractivity contribution in [1.82, 2.24) is 14.9 Å². The number of nitro groups is 1. The number of furan rings is 1. The fourth-order valence-corrected chi connectivity index (χ4v) is 3.49. The van der Waals surface area contributed by atoms with Crippen LogP contribution in [0.4, 0.5) is 11.5 Å². The lowest BCUT2D eigenvalue weighted by Crippen LogP contribution is -2.49. The fraction of sp³-hybridized carbons (Fsp3) is 0.211. The van der Waals surface area contributed by atoms with Crippen molar-refractivity contribution in [2.45, 2.75) is 0 Å². The van der Waals surface area contributed by atoms with Crippen molar-refractivity contribution >= 4 is 33.3 Å². The van der Waals surface area contributed by atoms with Crippen LogP contribution in [0.3, 0.4) is 0 Å². The number of para-hydroxylation sites is 1. The van der Waals surface area contributed by atoms with Gasteiger partial charge in [0.25, 0.3) is 5.91 Å². The molecular formula is C19H16BrN5O5. The van der Waals surface area contributed by atoms with Crippen molar-refractivity contribution in [3.63, 3.8) is 0 Å². The number of halogens is 1. The van der Waals surface area contributed by atoms with Crippen LogP contribution in [0, 0.1) is 10.1 Å². The Morgan fingerprint density at radius 3 is 2.57 bits per heavy atom. The number of hydrogen-bond acceptors (Lipinski definition) is 8. The molecule has 0 atom stereocenters. The molecule has 0 bridgehead atoms. The highest BCUT2D eigenvalue weighted by Crippen LogP contribution is 2.38. The summed E-state index contributed by atoms with van der Waals surface area (Å²) in [5.41, 5.74) is -0.320. The molecular weight excluding hydrogens is 458 g/mol. The van der Waals surface area contributed by atoms with E-state index in [0.717, 1.165) is 0 Å². The van der Waals surface area contributed by atoms with Gasteiger partial charge < -0.3 is 19.0 Å². The lowest BCUT2D eigenvalue weighted by molar-refractivity contribution is -0.385. The number of anilines is 1. The van der Waals surface area contributed by atoms with E-state index in [2.05, 4.69) is 25.9 Å².